The summed E-state index contributed by atoms with van der Waals surface area (Å²) in [5.74, 6) is 0.979. The molecule has 1 aromatic heterocycles. The molecule has 3 aromatic rings. The molecular formula is C33H39IN8O3. The van der Waals surface area contributed by atoms with Crippen LogP contribution in [0, 0.1) is 0 Å². The summed E-state index contributed by atoms with van der Waals surface area (Å²) in [7, 11) is 0. The van der Waals surface area contributed by atoms with Gasteiger partial charge in [-0.05, 0) is 80.5 Å². The molecule has 3 heterocycles. The fourth-order valence-electron chi connectivity index (χ4n) is 6.21. The lowest BCUT2D eigenvalue weighted by atomic mass is 9.97. The molecule has 0 unspecified atom stereocenters. The van der Waals surface area contributed by atoms with Crippen molar-refractivity contribution < 1.29 is 14.4 Å². The fourth-order valence-corrected chi connectivity index (χ4v) is 6.69. The molecule has 236 valence electrons. The Bertz CT molecular complexity index is 1540. The Balaban J connectivity index is 1.13. The van der Waals surface area contributed by atoms with Gasteiger partial charge in [0, 0.05) is 61.7 Å². The van der Waals surface area contributed by atoms with E-state index >= 15 is 0 Å². The fraction of sp³-hybridized carbons (Fsp3) is 0.424. The van der Waals surface area contributed by atoms with Gasteiger partial charge >= 0.3 is 0 Å². The number of amides is 3. The van der Waals surface area contributed by atoms with E-state index in [1.54, 1.807) is 6.20 Å². The first-order valence-corrected chi connectivity index (χ1v) is 17.1. The Hall–Kier alpha value is -3.94. The summed E-state index contributed by atoms with van der Waals surface area (Å²) in [4.78, 5) is 52.9. The number of piperidine rings is 1. The number of aromatic nitrogens is 2. The number of hydrogen-bond donors (Lipinski definition) is 3. The van der Waals surface area contributed by atoms with E-state index in [0.717, 1.165) is 43.9 Å². The third-order valence-corrected chi connectivity index (χ3v) is 9.71. The molecule has 0 bridgehead atoms. The van der Waals surface area contributed by atoms with Crippen molar-refractivity contribution in [3.8, 4) is 0 Å². The standard InChI is InChI=1S/C33H39IN8O3/c1-21-27(38-33(45)24-8-6-23(7-9-24)22-4-5-22)3-2-14-42(21)28-20-36-30(31(35)44)32(39-28)37-25-10-12-26(13-11-25)40-15-17-41(18-16-40)29(43)19-34/h6-13,20-22,27H,2-5,14-19H2,1H3,(H2,35,44)(H,37,39)(H,38,45)/t21-,27-/m1/s1. The van der Waals surface area contributed by atoms with Gasteiger partial charge < -0.3 is 31.1 Å². The molecule has 6 rings (SSSR count). The second-order valence-electron chi connectivity index (χ2n) is 12.0. The van der Waals surface area contributed by atoms with Crippen molar-refractivity contribution in [2.24, 2.45) is 5.73 Å². The smallest absolute Gasteiger partial charge is 0.271 e. The third kappa shape index (κ3) is 7.15. The number of rotatable bonds is 9. The Labute approximate surface area is 277 Å². The third-order valence-electron chi connectivity index (χ3n) is 9.06. The largest absolute Gasteiger partial charge is 0.368 e. The van der Waals surface area contributed by atoms with Crippen molar-refractivity contribution in [2.75, 3.05) is 52.3 Å². The lowest BCUT2D eigenvalue weighted by Gasteiger charge is -2.40. The van der Waals surface area contributed by atoms with E-state index in [1.165, 1.54) is 18.4 Å². The first kappa shape index (κ1) is 31.1. The van der Waals surface area contributed by atoms with Gasteiger partial charge in [-0.15, -0.1) is 0 Å². The van der Waals surface area contributed by atoms with E-state index in [9.17, 15) is 14.4 Å². The van der Waals surface area contributed by atoms with Gasteiger partial charge in [0.15, 0.2) is 11.5 Å². The average molecular weight is 723 g/mol. The Morgan fingerprint density at radius 2 is 1.67 bits per heavy atom. The maximum absolute atomic E-state index is 13.1. The zero-order chi connectivity index (χ0) is 31.5. The molecule has 12 heteroatoms. The van der Waals surface area contributed by atoms with Crippen molar-refractivity contribution in [3.05, 3.63) is 71.5 Å². The summed E-state index contributed by atoms with van der Waals surface area (Å²) in [5, 5.41) is 6.48. The van der Waals surface area contributed by atoms with Crippen LogP contribution in [0.2, 0.25) is 0 Å². The van der Waals surface area contributed by atoms with Crippen LogP contribution in [-0.4, -0.2) is 81.8 Å². The second-order valence-corrected chi connectivity index (χ2v) is 12.8. The summed E-state index contributed by atoms with van der Waals surface area (Å²) in [6.45, 7) is 5.79. The van der Waals surface area contributed by atoms with E-state index in [-0.39, 0.29) is 35.4 Å². The summed E-state index contributed by atoms with van der Waals surface area (Å²) in [5.41, 5.74) is 9.51. The van der Waals surface area contributed by atoms with Gasteiger partial charge in [0.1, 0.15) is 5.82 Å². The minimum absolute atomic E-state index is 0.0399. The lowest BCUT2D eigenvalue weighted by Crippen LogP contribution is -2.54. The molecular weight excluding hydrogens is 683 g/mol. The Kier molecular flexibility index (Phi) is 9.38. The number of benzene rings is 2. The monoisotopic (exact) mass is 722 g/mol. The number of nitrogens with two attached hydrogens (primary N) is 1. The average Bonchev–Trinajstić information content (AvgIpc) is 3.92. The van der Waals surface area contributed by atoms with Gasteiger partial charge in [0.2, 0.25) is 5.91 Å². The highest BCUT2D eigenvalue weighted by atomic mass is 127. The van der Waals surface area contributed by atoms with Crippen molar-refractivity contribution in [3.63, 3.8) is 0 Å². The lowest BCUT2D eigenvalue weighted by molar-refractivity contribution is -0.128. The molecule has 3 aliphatic rings. The number of nitrogens with zero attached hydrogens (tertiary/aromatic N) is 5. The van der Waals surface area contributed by atoms with Crippen LogP contribution in [-0.2, 0) is 4.79 Å². The van der Waals surface area contributed by atoms with Crippen LogP contribution in [0.25, 0.3) is 0 Å². The van der Waals surface area contributed by atoms with E-state index in [2.05, 4.69) is 67.1 Å². The molecule has 1 saturated carbocycles. The van der Waals surface area contributed by atoms with Crippen LogP contribution in [0.5, 0.6) is 0 Å². The number of anilines is 4. The number of nitrogens with one attached hydrogen (secondary N) is 2. The van der Waals surface area contributed by atoms with Gasteiger partial charge in [-0.2, -0.15) is 0 Å². The Morgan fingerprint density at radius 3 is 2.31 bits per heavy atom. The molecule has 3 amide bonds. The maximum atomic E-state index is 13.1. The van der Waals surface area contributed by atoms with Gasteiger partial charge in [0.05, 0.1) is 10.6 Å². The number of halogens is 1. The zero-order valence-electron chi connectivity index (χ0n) is 25.4. The van der Waals surface area contributed by atoms with Crippen LogP contribution >= 0.6 is 22.6 Å². The van der Waals surface area contributed by atoms with Gasteiger partial charge in [-0.3, -0.25) is 14.4 Å². The number of primary amides is 1. The van der Waals surface area contributed by atoms with Gasteiger partial charge in [-0.25, -0.2) is 9.97 Å². The molecule has 11 nitrogen and oxygen atoms in total. The van der Waals surface area contributed by atoms with E-state index in [0.29, 0.717) is 34.8 Å². The van der Waals surface area contributed by atoms with Crippen LogP contribution < -0.4 is 26.2 Å². The minimum atomic E-state index is -0.670. The quantitative estimate of drug-likeness (QED) is 0.222. The van der Waals surface area contributed by atoms with Crippen molar-refractivity contribution in [1.82, 2.24) is 20.2 Å². The first-order chi connectivity index (χ1) is 21.8. The SMILES string of the molecule is C[C@@H]1[C@H](NC(=O)c2ccc(C3CC3)cc2)CCCN1c1cnc(C(N)=O)c(Nc2ccc(N3CCN(C(=O)CI)CC3)cc2)n1. The molecule has 2 aliphatic heterocycles. The van der Waals surface area contributed by atoms with E-state index in [1.807, 2.05) is 41.3 Å². The van der Waals surface area contributed by atoms with Crippen molar-refractivity contribution >= 4 is 63.3 Å². The molecule has 2 saturated heterocycles. The number of alkyl halides is 1. The zero-order valence-corrected chi connectivity index (χ0v) is 27.6. The topological polar surface area (TPSA) is 137 Å². The molecule has 4 N–H and O–H groups in total. The molecule has 0 radical (unpaired) electrons. The maximum Gasteiger partial charge on any atom is 0.271 e. The van der Waals surface area contributed by atoms with Crippen molar-refractivity contribution in [1.29, 1.82) is 0 Å². The van der Waals surface area contributed by atoms with E-state index < -0.39 is 5.91 Å². The first-order valence-electron chi connectivity index (χ1n) is 15.6. The number of piperazine rings is 1. The normalized spacial score (nSPS) is 20.1. The number of hydrogen-bond acceptors (Lipinski definition) is 8. The molecule has 2 atom stereocenters. The summed E-state index contributed by atoms with van der Waals surface area (Å²) in [6, 6.07) is 15.8. The minimum Gasteiger partial charge on any atom is -0.368 e. The summed E-state index contributed by atoms with van der Waals surface area (Å²) < 4.78 is 0.499. The summed E-state index contributed by atoms with van der Waals surface area (Å²) >= 11 is 2.11. The van der Waals surface area contributed by atoms with Crippen LogP contribution in [0.15, 0.2) is 54.7 Å². The van der Waals surface area contributed by atoms with Crippen LogP contribution in [0.4, 0.5) is 23.0 Å². The van der Waals surface area contributed by atoms with Gasteiger partial charge in [-0.1, -0.05) is 34.7 Å². The summed E-state index contributed by atoms with van der Waals surface area (Å²) in [6.07, 6.45) is 5.77. The Morgan fingerprint density at radius 1 is 0.956 bits per heavy atom. The van der Waals surface area contributed by atoms with Gasteiger partial charge in [0.25, 0.3) is 11.8 Å². The number of carbonyl (C=O) groups is 3. The molecule has 45 heavy (non-hydrogen) atoms. The highest BCUT2D eigenvalue weighted by Gasteiger charge is 2.31. The molecule has 0 spiro atoms. The molecule has 2 aromatic carbocycles. The van der Waals surface area contributed by atoms with E-state index in [4.69, 9.17) is 10.7 Å². The predicted octanol–water partition coefficient (Wildman–Crippen LogP) is 4.07. The predicted molar refractivity (Wildman–Crippen MR) is 184 cm³/mol. The number of carbonyl (C=O) groups excluding carboxylic acids is 3. The second kappa shape index (κ2) is 13.6. The van der Waals surface area contributed by atoms with Crippen LogP contribution in [0.3, 0.4) is 0 Å². The molecule has 3 fully saturated rings. The highest BCUT2D eigenvalue weighted by molar-refractivity contribution is 14.1. The highest BCUT2D eigenvalue weighted by Crippen LogP contribution is 2.40. The van der Waals surface area contributed by atoms with Crippen LogP contribution in [0.1, 0.15) is 64.9 Å². The molecule has 1 aliphatic carbocycles. The van der Waals surface area contributed by atoms with Crippen molar-refractivity contribution in [2.45, 2.75) is 50.6 Å².